The number of benzene rings is 1. The van der Waals surface area contributed by atoms with E-state index < -0.39 is 5.97 Å². The van der Waals surface area contributed by atoms with Crippen molar-refractivity contribution in [3.8, 4) is 0 Å². The van der Waals surface area contributed by atoms with Gasteiger partial charge in [0.25, 0.3) is 0 Å². The molecule has 0 unspecified atom stereocenters. The van der Waals surface area contributed by atoms with E-state index in [4.69, 9.17) is 22.4 Å². The molecule has 0 aliphatic carbocycles. The fraction of sp³-hybridized carbons (Fsp3) is 0.125. The van der Waals surface area contributed by atoms with E-state index in [1.807, 2.05) is 0 Å². The number of rotatable bonds is 1. The normalized spacial score (nSPS) is 9.83. The van der Waals surface area contributed by atoms with E-state index in [0.717, 1.165) is 0 Å². The van der Waals surface area contributed by atoms with Gasteiger partial charge in [-0.1, -0.05) is 11.6 Å². The Hall–Kier alpha value is -1.22. The van der Waals surface area contributed by atoms with Gasteiger partial charge in [-0.25, -0.2) is 4.79 Å². The Morgan fingerprint density at radius 1 is 1.58 bits per heavy atom. The third kappa shape index (κ3) is 1.36. The third-order valence-corrected chi connectivity index (χ3v) is 1.98. The Bertz CT molecular complexity index is 336. The lowest BCUT2D eigenvalue weighted by molar-refractivity contribution is 0.0696. The highest BCUT2D eigenvalue weighted by Gasteiger charge is 2.13. The van der Waals surface area contributed by atoms with Crippen molar-refractivity contribution in [1.29, 1.82) is 0 Å². The highest BCUT2D eigenvalue weighted by Crippen LogP contribution is 2.24. The van der Waals surface area contributed by atoms with Crippen LogP contribution in [0.5, 0.6) is 0 Å². The molecule has 0 fully saturated rings. The molecule has 0 saturated carbocycles. The van der Waals surface area contributed by atoms with Crippen molar-refractivity contribution in [3.63, 3.8) is 0 Å². The van der Waals surface area contributed by atoms with Crippen molar-refractivity contribution in [2.45, 2.75) is 6.92 Å². The van der Waals surface area contributed by atoms with Crippen LogP contribution in [0.2, 0.25) is 5.02 Å². The van der Waals surface area contributed by atoms with Gasteiger partial charge in [-0.05, 0) is 24.6 Å². The standard InChI is InChI=1S/C8H8ClNO2/c1-4-6(10)3-2-5(9)7(4)8(11)12/h2-3H,10H2,1H3,(H,11,12). The quantitative estimate of drug-likeness (QED) is 0.658. The molecule has 0 aromatic heterocycles. The molecule has 0 aliphatic heterocycles. The monoisotopic (exact) mass is 185 g/mol. The van der Waals surface area contributed by atoms with E-state index in [0.29, 0.717) is 11.3 Å². The molecule has 12 heavy (non-hydrogen) atoms. The summed E-state index contributed by atoms with van der Waals surface area (Å²) in [5.74, 6) is -1.05. The molecule has 0 atom stereocenters. The zero-order valence-corrected chi connectivity index (χ0v) is 7.22. The summed E-state index contributed by atoms with van der Waals surface area (Å²) in [5, 5.41) is 8.95. The van der Waals surface area contributed by atoms with Crippen LogP contribution in [0.3, 0.4) is 0 Å². The average molecular weight is 186 g/mol. The average Bonchev–Trinajstić information content (AvgIpc) is 1.97. The molecule has 3 nitrogen and oxygen atoms in total. The van der Waals surface area contributed by atoms with Crippen molar-refractivity contribution in [2.75, 3.05) is 5.73 Å². The number of hydrogen-bond donors (Lipinski definition) is 2. The van der Waals surface area contributed by atoms with Crippen LogP contribution >= 0.6 is 11.6 Å². The number of anilines is 1. The number of hydrogen-bond acceptors (Lipinski definition) is 2. The summed E-state index contributed by atoms with van der Waals surface area (Å²) in [7, 11) is 0. The number of aromatic carboxylic acids is 1. The van der Waals surface area contributed by atoms with E-state index in [1.165, 1.54) is 6.07 Å². The van der Waals surface area contributed by atoms with Crippen molar-refractivity contribution in [2.24, 2.45) is 0 Å². The lowest BCUT2D eigenvalue weighted by Crippen LogP contribution is -2.03. The zero-order valence-electron chi connectivity index (χ0n) is 6.47. The molecule has 1 aromatic rings. The minimum atomic E-state index is -1.05. The molecule has 0 bridgehead atoms. The molecule has 0 aliphatic rings. The largest absolute Gasteiger partial charge is 0.478 e. The van der Waals surface area contributed by atoms with Gasteiger partial charge in [0.05, 0.1) is 10.6 Å². The predicted molar refractivity (Wildman–Crippen MR) is 47.6 cm³/mol. The maximum absolute atomic E-state index is 10.7. The van der Waals surface area contributed by atoms with Crippen LogP contribution in [0.15, 0.2) is 12.1 Å². The summed E-state index contributed by atoms with van der Waals surface area (Å²) in [5.41, 5.74) is 6.54. The highest BCUT2D eigenvalue weighted by molar-refractivity contribution is 6.33. The van der Waals surface area contributed by atoms with Crippen molar-refractivity contribution >= 4 is 23.3 Å². The fourth-order valence-corrected chi connectivity index (χ4v) is 1.24. The van der Waals surface area contributed by atoms with Crippen molar-refractivity contribution in [3.05, 3.63) is 28.3 Å². The summed E-state index contributed by atoms with van der Waals surface area (Å²) in [6.07, 6.45) is 0. The minimum Gasteiger partial charge on any atom is -0.478 e. The number of carbonyl (C=O) groups is 1. The molecule has 4 heteroatoms. The minimum absolute atomic E-state index is 0.0802. The van der Waals surface area contributed by atoms with Crippen LogP contribution in [0.1, 0.15) is 15.9 Å². The summed E-state index contributed by atoms with van der Waals surface area (Å²) < 4.78 is 0. The number of nitrogen functional groups attached to an aromatic ring is 1. The molecular formula is C8H8ClNO2. The summed E-state index contributed by atoms with van der Waals surface area (Å²) >= 11 is 5.66. The SMILES string of the molecule is Cc1c(N)ccc(Cl)c1C(=O)O. The van der Waals surface area contributed by atoms with Gasteiger partial charge in [0.1, 0.15) is 0 Å². The molecule has 0 heterocycles. The molecule has 1 rings (SSSR count). The van der Waals surface area contributed by atoms with E-state index >= 15 is 0 Å². The Morgan fingerprint density at radius 3 is 2.58 bits per heavy atom. The van der Waals surface area contributed by atoms with Crippen LogP contribution in [0.25, 0.3) is 0 Å². The van der Waals surface area contributed by atoms with Crippen molar-refractivity contribution in [1.82, 2.24) is 0 Å². The summed E-state index contributed by atoms with van der Waals surface area (Å²) in [6, 6.07) is 3.07. The fourth-order valence-electron chi connectivity index (χ4n) is 0.957. The lowest BCUT2D eigenvalue weighted by Gasteiger charge is -2.05. The third-order valence-electron chi connectivity index (χ3n) is 1.67. The second-order valence-electron chi connectivity index (χ2n) is 2.44. The number of halogens is 1. The molecule has 64 valence electrons. The van der Waals surface area contributed by atoms with Crippen LogP contribution < -0.4 is 5.73 Å². The first-order valence-corrected chi connectivity index (χ1v) is 3.69. The van der Waals surface area contributed by atoms with E-state index in [1.54, 1.807) is 13.0 Å². The van der Waals surface area contributed by atoms with Crippen LogP contribution in [0, 0.1) is 6.92 Å². The second-order valence-corrected chi connectivity index (χ2v) is 2.85. The first kappa shape index (κ1) is 8.87. The van der Waals surface area contributed by atoms with Gasteiger partial charge in [-0.15, -0.1) is 0 Å². The molecule has 3 N–H and O–H groups in total. The van der Waals surface area contributed by atoms with E-state index in [9.17, 15) is 4.79 Å². The Morgan fingerprint density at radius 2 is 2.17 bits per heavy atom. The highest BCUT2D eigenvalue weighted by atomic mass is 35.5. The maximum Gasteiger partial charge on any atom is 0.337 e. The Kier molecular flexibility index (Phi) is 2.24. The molecule has 0 amide bonds. The first-order chi connectivity index (χ1) is 5.54. The molecular weight excluding hydrogens is 178 g/mol. The van der Waals surface area contributed by atoms with E-state index in [-0.39, 0.29) is 10.6 Å². The van der Waals surface area contributed by atoms with Gasteiger partial charge in [-0.3, -0.25) is 0 Å². The summed E-state index contributed by atoms with van der Waals surface area (Å²) in [4.78, 5) is 10.7. The topological polar surface area (TPSA) is 63.3 Å². The van der Waals surface area contributed by atoms with Crippen LogP contribution in [-0.2, 0) is 0 Å². The first-order valence-electron chi connectivity index (χ1n) is 3.32. The number of nitrogens with two attached hydrogens (primary N) is 1. The molecule has 0 saturated heterocycles. The second kappa shape index (κ2) is 3.03. The van der Waals surface area contributed by atoms with Gasteiger partial charge in [0.15, 0.2) is 0 Å². The van der Waals surface area contributed by atoms with Gasteiger partial charge in [0.2, 0.25) is 0 Å². The Labute approximate surface area is 74.8 Å². The van der Waals surface area contributed by atoms with E-state index in [2.05, 4.69) is 0 Å². The lowest BCUT2D eigenvalue weighted by atomic mass is 10.1. The number of carboxylic acids is 1. The van der Waals surface area contributed by atoms with Crippen molar-refractivity contribution < 1.29 is 9.90 Å². The van der Waals surface area contributed by atoms with Gasteiger partial charge in [-0.2, -0.15) is 0 Å². The van der Waals surface area contributed by atoms with Gasteiger partial charge < -0.3 is 10.8 Å². The molecule has 0 radical (unpaired) electrons. The predicted octanol–water partition coefficient (Wildman–Crippen LogP) is 1.93. The number of carboxylic acid groups (broad SMARTS) is 1. The zero-order chi connectivity index (χ0) is 9.30. The van der Waals surface area contributed by atoms with Crippen LogP contribution in [0.4, 0.5) is 5.69 Å². The molecule has 0 spiro atoms. The molecule has 1 aromatic carbocycles. The maximum atomic E-state index is 10.7. The smallest absolute Gasteiger partial charge is 0.337 e. The van der Waals surface area contributed by atoms with Gasteiger partial charge >= 0.3 is 5.97 Å². The van der Waals surface area contributed by atoms with Crippen LogP contribution in [-0.4, -0.2) is 11.1 Å². The van der Waals surface area contributed by atoms with Gasteiger partial charge in [0, 0.05) is 5.69 Å². The summed E-state index contributed by atoms with van der Waals surface area (Å²) in [6.45, 7) is 1.63. The Balaban J connectivity index is 3.43.